The average molecular weight is 505 g/mol. The Hall–Kier alpha value is -2.82. The number of thiophene rings is 1. The molecule has 7 heteroatoms. The monoisotopic (exact) mass is 504 g/mol. The molecule has 5 rings (SSSR count). The van der Waals surface area contributed by atoms with Gasteiger partial charge in [-0.1, -0.05) is 24.1 Å². The number of nitrogens with zero attached hydrogens (tertiary/aromatic N) is 4. The molecule has 3 aromatic rings. The summed E-state index contributed by atoms with van der Waals surface area (Å²) in [4.78, 5) is 2.58. The molecule has 5 nitrogen and oxygen atoms in total. The van der Waals surface area contributed by atoms with E-state index >= 15 is 0 Å². The Morgan fingerprint density at radius 2 is 2.03 bits per heavy atom. The van der Waals surface area contributed by atoms with Crippen LogP contribution >= 0.6 is 24.8 Å². The molecular formula is C28H32N4OS2. The van der Waals surface area contributed by atoms with Crippen molar-refractivity contribution in [2.24, 2.45) is 15.4 Å². The van der Waals surface area contributed by atoms with Crippen LogP contribution in [-0.4, -0.2) is 24.8 Å². The van der Waals surface area contributed by atoms with E-state index in [2.05, 4.69) is 74.8 Å². The Kier molecular flexibility index (Phi) is 8.48. The zero-order chi connectivity index (χ0) is 23.3. The number of ether oxygens (including phenoxy) is 1. The molecular weight excluding hydrogens is 472 g/mol. The van der Waals surface area contributed by atoms with Crippen LogP contribution in [0.15, 0.2) is 63.3 Å². The number of hydrogen-bond acceptors (Lipinski definition) is 6. The molecule has 1 saturated heterocycles. The van der Waals surface area contributed by atoms with Crippen LogP contribution in [0.2, 0.25) is 0 Å². The molecule has 0 radical (unpaired) electrons. The minimum Gasteiger partial charge on any atom is -0.489 e. The SMILES string of the molecule is CC#C[C@@H](CC1=NN=NC1)c1ccc(OCc2ccc3scc(N4CCCCC4C)c3c2)cc1.S. The van der Waals surface area contributed by atoms with Gasteiger partial charge in [0.1, 0.15) is 18.9 Å². The largest absolute Gasteiger partial charge is 0.489 e. The van der Waals surface area contributed by atoms with Crippen molar-refractivity contribution in [3.8, 4) is 17.6 Å². The molecule has 2 aliphatic rings. The normalized spacial score (nSPS) is 17.9. The molecule has 2 aromatic carbocycles. The van der Waals surface area contributed by atoms with Gasteiger partial charge in [-0.25, -0.2) is 0 Å². The van der Waals surface area contributed by atoms with E-state index < -0.39 is 0 Å². The first-order valence-electron chi connectivity index (χ1n) is 12.1. The van der Waals surface area contributed by atoms with Crippen molar-refractivity contribution in [2.75, 3.05) is 18.0 Å². The summed E-state index contributed by atoms with van der Waals surface area (Å²) in [6.45, 7) is 6.51. The number of piperidine rings is 1. The summed E-state index contributed by atoms with van der Waals surface area (Å²) in [7, 11) is 0. The van der Waals surface area contributed by atoms with Gasteiger partial charge in [-0.2, -0.15) is 18.6 Å². The topological polar surface area (TPSA) is 49.6 Å². The summed E-state index contributed by atoms with van der Waals surface area (Å²) in [5.41, 5.74) is 4.72. The van der Waals surface area contributed by atoms with Gasteiger partial charge < -0.3 is 9.64 Å². The molecule has 0 amide bonds. The third kappa shape index (κ3) is 5.88. The zero-order valence-electron chi connectivity index (χ0n) is 20.3. The fourth-order valence-electron chi connectivity index (χ4n) is 4.80. The molecule has 1 unspecified atom stereocenters. The number of hydrogen-bond donors (Lipinski definition) is 0. The lowest BCUT2D eigenvalue weighted by Gasteiger charge is -2.35. The highest BCUT2D eigenvalue weighted by atomic mass is 32.1. The van der Waals surface area contributed by atoms with Crippen molar-refractivity contribution in [3.63, 3.8) is 0 Å². The van der Waals surface area contributed by atoms with Crippen molar-refractivity contribution in [1.29, 1.82) is 0 Å². The van der Waals surface area contributed by atoms with Crippen molar-refractivity contribution in [3.05, 3.63) is 59.0 Å². The minimum absolute atomic E-state index is 0. The standard InChI is InChI=1S/C28H30N4OS.H2S/c1-3-6-23(16-24-17-29-31-30-24)22-9-11-25(12-10-22)33-18-21-8-13-28-26(15-21)27(19-34-28)32-14-5-4-7-20(32)2;/h8-13,15,19-20,23H,4-5,7,14,16-18H2,1-2H3;1H2/t20?,23-;/m0./s1. The van der Waals surface area contributed by atoms with Crippen molar-refractivity contribution in [1.82, 2.24) is 0 Å². The van der Waals surface area contributed by atoms with Gasteiger partial charge in [0.15, 0.2) is 0 Å². The summed E-state index contributed by atoms with van der Waals surface area (Å²) in [5.74, 6) is 7.30. The van der Waals surface area contributed by atoms with Gasteiger partial charge in [0.2, 0.25) is 0 Å². The predicted molar refractivity (Wildman–Crippen MR) is 152 cm³/mol. The Morgan fingerprint density at radius 1 is 1.17 bits per heavy atom. The van der Waals surface area contributed by atoms with Crippen LogP contribution in [0.25, 0.3) is 10.1 Å². The lowest BCUT2D eigenvalue weighted by molar-refractivity contribution is 0.306. The quantitative estimate of drug-likeness (QED) is 0.317. The second-order valence-electron chi connectivity index (χ2n) is 9.05. The zero-order valence-corrected chi connectivity index (χ0v) is 22.1. The molecule has 0 N–H and O–H groups in total. The van der Waals surface area contributed by atoms with E-state index in [1.165, 1.54) is 40.6 Å². The van der Waals surface area contributed by atoms with Crippen LogP contribution < -0.4 is 9.64 Å². The first-order valence-corrected chi connectivity index (χ1v) is 12.9. The summed E-state index contributed by atoms with van der Waals surface area (Å²) < 4.78 is 7.50. The van der Waals surface area contributed by atoms with E-state index in [0.29, 0.717) is 19.2 Å². The Labute approximate surface area is 218 Å². The lowest BCUT2D eigenvalue weighted by Crippen LogP contribution is -2.37. The van der Waals surface area contributed by atoms with Crippen LogP contribution in [0.4, 0.5) is 5.69 Å². The summed E-state index contributed by atoms with van der Waals surface area (Å²) >= 11 is 1.84. The van der Waals surface area contributed by atoms with Gasteiger partial charge in [0, 0.05) is 34.5 Å². The predicted octanol–water partition coefficient (Wildman–Crippen LogP) is 7.29. The van der Waals surface area contributed by atoms with Crippen LogP contribution in [0, 0.1) is 11.8 Å². The van der Waals surface area contributed by atoms with E-state index in [4.69, 9.17) is 4.74 Å². The number of rotatable bonds is 7. The Bertz CT molecular complexity index is 1270. The summed E-state index contributed by atoms with van der Waals surface area (Å²) in [5, 5.41) is 15.5. The second kappa shape index (κ2) is 11.7. The number of benzene rings is 2. The van der Waals surface area contributed by atoms with Crippen molar-refractivity contribution in [2.45, 2.75) is 58.1 Å². The van der Waals surface area contributed by atoms with E-state index in [0.717, 1.165) is 30.0 Å². The fourth-order valence-corrected chi connectivity index (χ4v) is 5.74. The van der Waals surface area contributed by atoms with Crippen LogP contribution in [0.1, 0.15) is 56.6 Å². The van der Waals surface area contributed by atoms with E-state index in [-0.39, 0.29) is 19.4 Å². The molecule has 0 aliphatic carbocycles. The maximum absolute atomic E-state index is 6.15. The smallest absolute Gasteiger partial charge is 0.119 e. The Balaban J connectivity index is 0.00000289. The van der Waals surface area contributed by atoms with Crippen LogP contribution in [-0.2, 0) is 6.61 Å². The molecule has 0 spiro atoms. The lowest BCUT2D eigenvalue weighted by atomic mass is 9.94. The van der Waals surface area contributed by atoms with Gasteiger partial charge in [-0.05, 0) is 73.7 Å². The highest BCUT2D eigenvalue weighted by Gasteiger charge is 2.21. The molecule has 2 aliphatic heterocycles. The second-order valence-corrected chi connectivity index (χ2v) is 9.96. The van der Waals surface area contributed by atoms with Crippen LogP contribution in [0.5, 0.6) is 5.75 Å². The molecule has 0 saturated carbocycles. The minimum atomic E-state index is 0. The number of anilines is 1. The molecule has 2 atom stereocenters. The Morgan fingerprint density at radius 3 is 2.77 bits per heavy atom. The van der Waals surface area contributed by atoms with Crippen molar-refractivity contribution >= 4 is 46.3 Å². The van der Waals surface area contributed by atoms with Crippen molar-refractivity contribution < 1.29 is 4.74 Å². The molecule has 1 aromatic heterocycles. The summed E-state index contributed by atoms with van der Waals surface area (Å²) in [6, 6.07) is 15.6. The van der Waals surface area contributed by atoms with Crippen LogP contribution in [0.3, 0.4) is 0 Å². The maximum atomic E-state index is 6.15. The highest BCUT2D eigenvalue weighted by molar-refractivity contribution is 7.59. The van der Waals surface area contributed by atoms with Gasteiger partial charge in [0.05, 0.1) is 17.3 Å². The maximum Gasteiger partial charge on any atom is 0.119 e. The third-order valence-electron chi connectivity index (χ3n) is 6.68. The molecule has 3 heterocycles. The third-order valence-corrected chi connectivity index (χ3v) is 7.63. The first-order chi connectivity index (χ1) is 16.7. The molecule has 182 valence electrons. The number of fused-ring (bicyclic) bond motifs is 1. The first kappa shape index (κ1) is 25.3. The van der Waals surface area contributed by atoms with E-state index in [9.17, 15) is 0 Å². The van der Waals surface area contributed by atoms with E-state index in [1.807, 2.05) is 30.4 Å². The van der Waals surface area contributed by atoms with Gasteiger partial charge in [0.25, 0.3) is 0 Å². The van der Waals surface area contributed by atoms with Gasteiger partial charge in [-0.3, -0.25) is 0 Å². The van der Waals surface area contributed by atoms with Gasteiger partial charge >= 0.3 is 0 Å². The molecule has 0 bridgehead atoms. The molecule has 35 heavy (non-hydrogen) atoms. The average Bonchev–Trinajstić information content (AvgIpc) is 3.53. The summed E-state index contributed by atoms with van der Waals surface area (Å²) in [6.07, 6.45) is 4.65. The molecule has 1 fully saturated rings. The van der Waals surface area contributed by atoms with E-state index in [1.54, 1.807) is 0 Å². The van der Waals surface area contributed by atoms with Gasteiger partial charge in [-0.15, -0.1) is 22.4 Å². The highest BCUT2D eigenvalue weighted by Crippen LogP contribution is 2.37. The fraction of sp³-hybridized carbons (Fsp3) is 0.393.